The van der Waals surface area contributed by atoms with Gasteiger partial charge in [-0.1, -0.05) is 6.07 Å². The molecule has 0 atom stereocenters. The summed E-state index contributed by atoms with van der Waals surface area (Å²) in [5.74, 6) is 0.680. The third-order valence-electron chi connectivity index (χ3n) is 3.05. The van der Waals surface area contributed by atoms with Gasteiger partial charge in [-0.05, 0) is 54.1 Å². The number of hydrogen-bond donors (Lipinski definition) is 1. The number of anilines is 1. The van der Waals surface area contributed by atoms with Crippen molar-refractivity contribution in [2.24, 2.45) is 0 Å². The van der Waals surface area contributed by atoms with Crippen LogP contribution in [0, 0.1) is 13.8 Å². The summed E-state index contributed by atoms with van der Waals surface area (Å²) in [5, 5.41) is 13.8. The van der Waals surface area contributed by atoms with Crippen LogP contribution in [0.15, 0.2) is 41.1 Å². The van der Waals surface area contributed by atoms with E-state index in [-0.39, 0.29) is 11.7 Å². The molecule has 0 unspecified atom stereocenters. The van der Waals surface area contributed by atoms with Crippen LogP contribution >= 0.6 is 0 Å². The molecule has 0 spiro atoms. The zero-order chi connectivity index (χ0) is 14.8. The van der Waals surface area contributed by atoms with Crippen LogP contribution in [0.5, 0.6) is 0 Å². The number of benzene rings is 1. The maximum atomic E-state index is 12.1. The fraction of sp³-hybridized carbons (Fsp3) is 0.143. The molecule has 7 heteroatoms. The zero-order valence-corrected chi connectivity index (χ0v) is 11.6. The summed E-state index contributed by atoms with van der Waals surface area (Å²) in [4.78, 5) is 12.1. The second-order valence-corrected chi connectivity index (χ2v) is 4.62. The van der Waals surface area contributed by atoms with E-state index in [1.54, 1.807) is 25.1 Å². The van der Waals surface area contributed by atoms with Gasteiger partial charge in [0, 0.05) is 5.69 Å². The van der Waals surface area contributed by atoms with Gasteiger partial charge in [0.15, 0.2) is 5.76 Å². The maximum absolute atomic E-state index is 12.1. The highest BCUT2D eigenvalue weighted by Crippen LogP contribution is 2.20. The Morgan fingerprint density at radius 1 is 1.24 bits per heavy atom. The van der Waals surface area contributed by atoms with Gasteiger partial charge in [0.05, 0.1) is 5.69 Å². The van der Waals surface area contributed by atoms with Gasteiger partial charge in [-0.2, -0.15) is 0 Å². The van der Waals surface area contributed by atoms with Crippen molar-refractivity contribution >= 4 is 11.6 Å². The normalized spacial score (nSPS) is 10.6. The highest BCUT2D eigenvalue weighted by atomic mass is 16.3. The van der Waals surface area contributed by atoms with Crippen LogP contribution in [0.1, 0.15) is 21.9 Å². The van der Waals surface area contributed by atoms with E-state index in [0.29, 0.717) is 11.4 Å². The molecule has 0 aliphatic rings. The number of nitrogens with one attached hydrogen (secondary N) is 1. The largest absolute Gasteiger partial charge is 0.456 e. The van der Waals surface area contributed by atoms with Gasteiger partial charge in [-0.3, -0.25) is 4.79 Å². The quantitative estimate of drug-likeness (QED) is 0.795. The monoisotopic (exact) mass is 283 g/mol. The molecule has 0 saturated carbocycles. The Morgan fingerprint density at radius 3 is 2.76 bits per heavy atom. The first-order valence-electron chi connectivity index (χ1n) is 6.35. The van der Waals surface area contributed by atoms with Crippen molar-refractivity contribution in [1.82, 2.24) is 20.2 Å². The number of hydrogen-bond acceptors (Lipinski definition) is 5. The Labute approximate surface area is 120 Å². The lowest BCUT2D eigenvalue weighted by atomic mass is 10.1. The minimum Gasteiger partial charge on any atom is -0.456 e. The van der Waals surface area contributed by atoms with Crippen molar-refractivity contribution < 1.29 is 9.21 Å². The molecular weight excluding hydrogens is 270 g/mol. The van der Waals surface area contributed by atoms with Crippen molar-refractivity contribution in [2.75, 3.05) is 5.32 Å². The van der Waals surface area contributed by atoms with E-state index in [4.69, 9.17) is 4.42 Å². The van der Waals surface area contributed by atoms with Crippen LogP contribution in [0.3, 0.4) is 0 Å². The van der Waals surface area contributed by atoms with E-state index in [1.807, 2.05) is 19.1 Å². The predicted molar refractivity (Wildman–Crippen MR) is 75.3 cm³/mol. The summed E-state index contributed by atoms with van der Waals surface area (Å²) >= 11 is 0. The highest BCUT2D eigenvalue weighted by molar-refractivity contribution is 6.02. The zero-order valence-electron chi connectivity index (χ0n) is 11.6. The van der Waals surface area contributed by atoms with E-state index in [0.717, 1.165) is 11.3 Å². The molecule has 2 heterocycles. The predicted octanol–water partition coefficient (Wildman–Crippen LogP) is 2.12. The number of rotatable bonds is 3. The molecule has 2 aromatic heterocycles. The molecule has 21 heavy (non-hydrogen) atoms. The average Bonchev–Trinajstić information content (AvgIpc) is 3.12. The summed E-state index contributed by atoms with van der Waals surface area (Å²) in [7, 11) is 0. The van der Waals surface area contributed by atoms with Gasteiger partial charge >= 0.3 is 0 Å². The second kappa shape index (κ2) is 5.20. The highest BCUT2D eigenvalue weighted by Gasteiger charge is 2.12. The number of amides is 1. The first-order valence-corrected chi connectivity index (χ1v) is 6.35. The molecule has 0 saturated heterocycles. The van der Waals surface area contributed by atoms with Crippen LogP contribution < -0.4 is 5.32 Å². The summed E-state index contributed by atoms with van der Waals surface area (Å²) < 4.78 is 6.83. The lowest BCUT2D eigenvalue weighted by Gasteiger charge is -2.09. The molecule has 7 nitrogen and oxygen atoms in total. The Hall–Kier alpha value is -2.96. The average molecular weight is 283 g/mol. The van der Waals surface area contributed by atoms with Crippen molar-refractivity contribution in [3.63, 3.8) is 0 Å². The van der Waals surface area contributed by atoms with Crippen LogP contribution in [-0.2, 0) is 0 Å². The molecule has 0 bridgehead atoms. The molecule has 106 valence electrons. The first kappa shape index (κ1) is 13.0. The molecule has 1 amide bonds. The summed E-state index contributed by atoms with van der Waals surface area (Å²) in [5.41, 5.74) is 2.38. The van der Waals surface area contributed by atoms with Gasteiger partial charge in [-0.25, -0.2) is 4.68 Å². The molecule has 0 fully saturated rings. The fourth-order valence-electron chi connectivity index (χ4n) is 1.91. The minimum absolute atomic E-state index is 0.278. The van der Waals surface area contributed by atoms with Crippen LogP contribution in [0.25, 0.3) is 5.69 Å². The minimum atomic E-state index is -0.292. The molecule has 0 radical (unpaired) electrons. The Morgan fingerprint density at radius 2 is 2.10 bits per heavy atom. The lowest BCUT2D eigenvalue weighted by Crippen LogP contribution is -2.12. The van der Waals surface area contributed by atoms with Gasteiger partial charge in [-0.15, -0.1) is 5.10 Å². The number of carbonyl (C=O) groups excluding carboxylic acids is 1. The molecular formula is C14H13N5O2. The van der Waals surface area contributed by atoms with E-state index < -0.39 is 0 Å². The van der Waals surface area contributed by atoms with Crippen molar-refractivity contribution in [2.45, 2.75) is 13.8 Å². The van der Waals surface area contributed by atoms with E-state index in [1.165, 1.54) is 11.0 Å². The number of aryl methyl sites for hydroxylation is 2. The smallest absolute Gasteiger partial charge is 0.291 e. The van der Waals surface area contributed by atoms with Crippen molar-refractivity contribution in [1.29, 1.82) is 0 Å². The number of tetrazole rings is 1. The van der Waals surface area contributed by atoms with Crippen LogP contribution in [0.4, 0.5) is 5.69 Å². The molecule has 0 aliphatic heterocycles. The summed E-state index contributed by atoms with van der Waals surface area (Å²) in [6.45, 7) is 3.70. The van der Waals surface area contributed by atoms with Crippen molar-refractivity contribution in [3.05, 3.63) is 53.7 Å². The summed E-state index contributed by atoms with van der Waals surface area (Å²) in [6.07, 6.45) is 1.49. The van der Waals surface area contributed by atoms with E-state index in [2.05, 4.69) is 20.8 Å². The number of aromatic nitrogens is 4. The number of furan rings is 1. The standard InChI is InChI=1S/C14H13N5O2/c1-9-3-5-11(19-8-15-17-18-19)7-12(9)16-14(20)13-6-4-10(2)21-13/h3-8H,1-2H3,(H,16,20). The van der Waals surface area contributed by atoms with E-state index in [9.17, 15) is 4.79 Å². The van der Waals surface area contributed by atoms with Gasteiger partial charge < -0.3 is 9.73 Å². The Bertz CT molecular complexity index is 777. The third-order valence-corrected chi connectivity index (χ3v) is 3.05. The topological polar surface area (TPSA) is 85.8 Å². The van der Waals surface area contributed by atoms with Crippen LogP contribution in [-0.4, -0.2) is 26.1 Å². The molecule has 0 aliphatic carbocycles. The summed E-state index contributed by atoms with van der Waals surface area (Å²) in [6, 6.07) is 8.96. The molecule has 1 aromatic carbocycles. The Balaban J connectivity index is 1.88. The van der Waals surface area contributed by atoms with E-state index >= 15 is 0 Å². The van der Waals surface area contributed by atoms with Crippen LogP contribution in [0.2, 0.25) is 0 Å². The molecule has 1 N–H and O–H groups in total. The first-order chi connectivity index (χ1) is 10.1. The molecule has 3 rings (SSSR count). The Kier molecular flexibility index (Phi) is 3.23. The second-order valence-electron chi connectivity index (χ2n) is 4.62. The maximum Gasteiger partial charge on any atom is 0.291 e. The fourth-order valence-corrected chi connectivity index (χ4v) is 1.91. The molecule has 3 aromatic rings. The SMILES string of the molecule is Cc1ccc(C(=O)Nc2cc(-n3cnnn3)ccc2C)o1. The van der Waals surface area contributed by atoms with Gasteiger partial charge in [0.25, 0.3) is 5.91 Å². The third kappa shape index (κ3) is 2.66. The number of nitrogens with zero attached hydrogens (tertiary/aromatic N) is 4. The lowest BCUT2D eigenvalue weighted by molar-refractivity contribution is 0.0995. The van der Waals surface area contributed by atoms with Crippen molar-refractivity contribution in [3.8, 4) is 5.69 Å². The van der Waals surface area contributed by atoms with Gasteiger partial charge in [0.2, 0.25) is 0 Å². The van der Waals surface area contributed by atoms with Gasteiger partial charge in [0.1, 0.15) is 12.1 Å². The number of carbonyl (C=O) groups is 1.